The van der Waals surface area contributed by atoms with Gasteiger partial charge in [0, 0.05) is 50.9 Å². The standard InChI is InChI=1S/C19H20F3N3O2/c20-19(21,22)17-6-3-4-15(12-17)13-23-8-10-24(11-9-23)14-16-5-1-2-7-18(16)25(26)27/h1-7,12H,8-11,13-14H2. The summed E-state index contributed by atoms with van der Waals surface area (Å²) < 4.78 is 38.5. The topological polar surface area (TPSA) is 49.6 Å². The van der Waals surface area contributed by atoms with E-state index in [-0.39, 0.29) is 10.6 Å². The summed E-state index contributed by atoms with van der Waals surface area (Å²) in [6, 6.07) is 12.1. The van der Waals surface area contributed by atoms with Crippen LogP contribution in [0.15, 0.2) is 48.5 Å². The molecular weight excluding hydrogens is 359 g/mol. The van der Waals surface area contributed by atoms with Crippen molar-refractivity contribution in [3.63, 3.8) is 0 Å². The predicted molar refractivity (Wildman–Crippen MR) is 95.1 cm³/mol. The van der Waals surface area contributed by atoms with Crippen molar-refractivity contribution in [3.8, 4) is 0 Å². The molecule has 3 rings (SSSR count). The zero-order valence-electron chi connectivity index (χ0n) is 14.7. The summed E-state index contributed by atoms with van der Waals surface area (Å²) in [6.45, 7) is 3.79. The number of hydrogen-bond acceptors (Lipinski definition) is 4. The van der Waals surface area contributed by atoms with Crippen LogP contribution < -0.4 is 0 Å². The monoisotopic (exact) mass is 379 g/mol. The highest BCUT2D eigenvalue weighted by Gasteiger charge is 2.30. The van der Waals surface area contributed by atoms with Gasteiger partial charge in [-0.3, -0.25) is 19.9 Å². The van der Waals surface area contributed by atoms with Crippen molar-refractivity contribution in [3.05, 3.63) is 75.3 Å². The number of benzene rings is 2. The predicted octanol–water partition coefficient (Wildman–Crippen LogP) is 3.93. The second-order valence-electron chi connectivity index (χ2n) is 6.64. The molecule has 2 aromatic rings. The van der Waals surface area contributed by atoms with Gasteiger partial charge in [0.05, 0.1) is 10.5 Å². The molecular formula is C19H20F3N3O2. The van der Waals surface area contributed by atoms with Crippen LogP contribution in [0.1, 0.15) is 16.7 Å². The van der Waals surface area contributed by atoms with E-state index >= 15 is 0 Å². The van der Waals surface area contributed by atoms with Crippen LogP contribution in [0.4, 0.5) is 18.9 Å². The number of alkyl halides is 3. The van der Waals surface area contributed by atoms with Gasteiger partial charge < -0.3 is 0 Å². The van der Waals surface area contributed by atoms with Crippen LogP contribution in [0.5, 0.6) is 0 Å². The first kappa shape index (κ1) is 19.3. The van der Waals surface area contributed by atoms with Crippen molar-refractivity contribution in [1.29, 1.82) is 0 Å². The maximum atomic E-state index is 12.8. The summed E-state index contributed by atoms with van der Waals surface area (Å²) in [5.41, 5.74) is 0.796. The summed E-state index contributed by atoms with van der Waals surface area (Å²) in [7, 11) is 0. The normalized spacial score (nSPS) is 16.4. The van der Waals surface area contributed by atoms with E-state index in [1.165, 1.54) is 18.2 Å². The zero-order valence-corrected chi connectivity index (χ0v) is 14.7. The van der Waals surface area contributed by atoms with Gasteiger partial charge in [0.2, 0.25) is 0 Å². The van der Waals surface area contributed by atoms with Gasteiger partial charge >= 0.3 is 6.18 Å². The number of nitro benzene ring substituents is 1. The van der Waals surface area contributed by atoms with Crippen LogP contribution in [0, 0.1) is 10.1 Å². The Morgan fingerprint density at radius 2 is 1.56 bits per heavy atom. The van der Waals surface area contributed by atoms with Gasteiger partial charge in [-0.15, -0.1) is 0 Å². The minimum absolute atomic E-state index is 0.115. The quantitative estimate of drug-likeness (QED) is 0.583. The lowest BCUT2D eigenvalue weighted by molar-refractivity contribution is -0.385. The first-order valence-corrected chi connectivity index (χ1v) is 8.66. The fourth-order valence-electron chi connectivity index (χ4n) is 3.27. The number of nitro groups is 1. The first-order chi connectivity index (χ1) is 12.8. The SMILES string of the molecule is O=[N+]([O-])c1ccccc1CN1CCN(Cc2cccc(C(F)(F)F)c2)CC1. The Balaban J connectivity index is 1.56. The van der Waals surface area contributed by atoms with Crippen LogP contribution in [0.3, 0.4) is 0 Å². The van der Waals surface area contributed by atoms with Crippen molar-refractivity contribution in [2.24, 2.45) is 0 Å². The van der Waals surface area contributed by atoms with Crippen LogP contribution in [-0.2, 0) is 19.3 Å². The summed E-state index contributed by atoms with van der Waals surface area (Å²) in [4.78, 5) is 15.0. The number of piperazine rings is 1. The van der Waals surface area contributed by atoms with Crippen LogP contribution in [0.2, 0.25) is 0 Å². The second kappa shape index (κ2) is 8.06. The Morgan fingerprint density at radius 1 is 0.926 bits per heavy atom. The molecule has 0 radical (unpaired) electrons. The molecule has 0 unspecified atom stereocenters. The molecule has 0 atom stereocenters. The molecule has 0 bridgehead atoms. The summed E-state index contributed by atoms with van der Waals surface area (Å²) in [5, 5.41) is 11.1. The number of halogens is 3. The lowest BCUT2D eigenvalue weighted by atomic mass is 10.1. The van der Waals surface area contributed by atoms with Crippen LogP contribution >= 0.6 is 0 Å². The highest BCUT2D eigenvalue weighted by Crippen LogP contribution is 2.30. The van der Waals surface area contributed by atoms with Gasteiger partial charge in [0.1, 0.15) is 0 Å². The van der Waals surface area contributed by atoms with Crippen molar-refractivity contribution in [2.45, 2.75) is 19.3 Å². The molecule has 1 fully saturated rings. The first-order valence-electron chi connectivity index (χ1n) is 8.66. The molecule has 1 aliphatic rings. The average molecular weight is 379 g/mol. The van der Waals surface area contributed by atoms with Crippen LogP contribution in [0.25, 0.3) is 0 Å². The molecule has 8 heteroatoms. The van der Waals surface area contributed by atoms with E-state index in [2.05, 4.69) is 9.80 Å². The summed E-state index contributed by atoms with van der Waals surface area (Å²) >= 11 is 0. The highest BCUT2D eigenvalue weighted by atomic mass is 19.4. The van der Waals surface area contributed by atoms with E-state index in [0.29, 0.717) is 50.4 Å². The fraction of sp³-hybridized carbons (Fsp3) is 0.368. The molecule has 0 aromatic heterocycles. The van der Waals surface area contributed by atoms with Crippen molar-refractivity contribution in [1.82, 2.24) is 9.80 Å². The molecule has 0 saturated carbocycles. The number of para-hydroxylation sites is 1. The van der Waals surface area contributed by atoms with Gasteiger partial charge in [0.15, 0.2) is 0 Å². The molecule has 5 nitrogen and oxygen atoms in total. The lowest BCUT2D eigenvalue weighted by Gasteiger charge is -2.34. The Kier molecular flexibility index (Phi) is 5.76. The van der Waals surface area contributed by atoms with Crippen LogP contribution in [-0.4, -0.2) is 40.9 Å². The van der Waals surface area contributed by atoms with Gasteiger partial charge in [-0.05, 0) is 11.6 Å². The van der Waals surface area contributed by atoms with Crippen molar-refractivity contribution in [2.75, 3.05) is 26.2 Å². The zero-order chi connectivity index (χ0) is 19.4. The Morgan fingerprint density at radius 3 is 2.19 bits per heavy atom. The molecule has 0 N–H and O–H groups in total. The van der Waals surface area contributed by atoms with Crippen molar-refractivity contribution < 1.29 is 18.1 Å². The summed E-state index contributed by atoms with van der Waals surface area (Å²) in [6.07, 6.45) is -4.33. The van der Waals surface area contributed by atoms with E-state index in [9.17, 15) is 23.3 Å². The lowest BCUT2D eigenvalue weighted by Crippen LogP contribution is -2.45. The van der Waals surface area contributed by atoms with E-state index in [1.54, 1.807) is 24.3 Å². The maximum absolute atomic E-state index is 12.8. The Labute approximate surface area is 155 Å². The Hall–Kier alpha value is -2.45. The fourth-order valence-corrected chi connectivity index (χ4v) is 3.27. The molecule has 0 spiro atoms. The molecule has 0 aliphatic carbocycles. The largest absolute Gasteiger partial charge is 0.416 e. The van der Waals surface area contributed by atoms with Gasteiger partial charge in [-0.25, -0.2) is 0 Å². The minimum Gasteiger partial charge on any atom is -0.297 e. The average Bonchev–Trinajstić information content (AvgIpc) is 2.63. The van der Waals surface area contributed by atoms with E-state index in [4.69, 9.17) is 0 Å². The smallest absolute Gasteiger partial charge is 0.297 e. The minimum atomic E-state index is -4.33. The molecule has 0 amide bonds. The molecule has 27 heavy (non-hydrogen) atoms. The third-order valence-corrected chi connectivity index (χ3v) is 4.71. The number of rotatable bonds is 5. The highest BCUT2D eigenvalue weighted by molar-refractivity contribution is 5.39. The van der Waals surface area contributed by atoms with Gasteiger partial charge in [-0.1, -0.05) is 36.4 Å². The third-order valence-electron chi connectivity index (χ3n) is 4.71. The molecule has 1 heterocycles. The van der Waals surface area contributed by atoms with E-state index in [1.807, 2.05) is 0 Å². The molecule has 1 aliphatic heterocycles. The Bertz CT molecular complexity index is 803. The van der Waals surface area contributed by atoms with Gasteiger partial charge in [0.25, 0.3) is 5.69 Å². The van der Waals surface area contributed by atoms with Gasteiger partial charge in [-0.2, -0.15) is 13.2 Å². The maximum Gasteiger partial charge on any atom is 0.416 e. The number of nitrogens with zero attached hydrogens (tertiary/aromatic N) is 3. The molecule has 2 aromatic carbocycles. The van der Waals surface area contributed by atoms with Crippen molar-refractivity contribution >= 4 is 5.69 Å². The second-order valence-corrected chi connectivity index (χ2v) is 6.64. The number of hydrogen-bond donors (Lipinski definition) is 0. The van der Waals surface area contributed by atoms with E-state index < -0.39 is 11.7 Å². The van der Waals surface area contributed by atoms with E-state index in [0.717, 1.165) is 6.07 Å². The molecule has 1 saturated heterocycles. The summed E-state index contributed by atoms with van der Waals surface area (Å²) in [5.74, 6) is 0. The molecule has 144 valence electrons. The third kappa shape index (κ3) is 5.05.